The molecule has 1 amide bonds. The van der Waals surface area contributed by atoms with Crippen molar-refractivity contribution in [2.24, 2.45) is 22.2 Å². The standard InChI is InChI=1S/C27H32N4O/c1-3-26(32)31-24(19-8-5-4-6-9-19)14-21-11-12-22-15-25(20(17-28)16-27(21,22)2)30-23-10-7-13-29-18-23/h4-10,13,15,17-18,20-21,24,28H,3,11-12,14,16H2,1-2H3,(H,31,32). The Labute approximate surface area is 190 Å². The van der Waals surface area contributed by atoms with Crippen molar-refractivity contribution < 1.29 is 4.79 Å². The van der Waals surface area contributed by atoms with Crippen molar-refractivity contribution in [3.8, 4) is 0 Å². The second-order valence-corrected chi connectivity index (χ2v) is 9.17. The molecular weight excluding hydrogens is 396 g/mol. The van der Waals surface area contributed by atoms with E-state index in [1.807, 2.05) is 37.3 Å². The van der Waals surface area contributed by atoms with Gasteiger partial charge in [-0.05, 0) is 60.8 Å². The molecule has 2 aromatic rings. The number of amides is 1. The van der Waals surface area contributed by atoms with Gasteiger partial charge in [0.05, 0.1) is 17.9 Å². The second-order valence-electron chi connectivity index (χ2n) is 9.17. The third-order valence-corrected chi connectivity index (χ3v) is 7.23. The highest BCUT2D eigenvalue weighted by Gasteiger charge is 2.47. The van der Waals surface area contributed by atoms with E-state index in [-0.39, 0.29) is 23.3 Å². The molecule has 166 valence electrons. The summed E-state index contributed by atoms with van der Waals surface area (Å²) >= 11 is 0. The summed E-state index contributed by atoms with van der Waals surface area (Å²) < 4.78 is 0. The van der Waals surface area contributed by atoms with Gasteiger partial charge in [0.2, 0.25) is 5.91 Å². The number of fused-ring (bicyclic) bond motifs is 1. The molecule has 0 saturated heterocycles. The fourth-order valence-electron chi connectivity index (χ4n) is 5.33. The highest BCUT2D eigenvalue weighted by atomic mass is 16.1. The molecule has 5 nitrogen and oxygen atoms in total. The number of carbonyl (C=O) groups excluding carboxylic acids is 1. The molecule has 4 atom stereocenters. The first-order valence-electron chi connectivity index (χ1n) is 11.6. The van der Waals surface area contributed by atoms with Crippen molar-refractivity contribution in [2.45, 2.75) is 52.0 Å². The number of benzene rings is 1. The number of nitrogens with one attached hydrogen (secondary N) is 2. The molecular formula is C27H32N4O. The third-order valence-electron chi connectivity index (χ3n) is 7.23. The average Bonchev–Trinajstić information content (AvgIpc) is 3.14. The van der Waals surface area contributed by atoms with Crippen LogP contribution >= 0.6 is 0 Å². The van der Waals surface area contributed by atoms with Crippen LogP contribution in [0.5, 0.6) is 0 Å². The molecule has 2 aliphatic rings. The Morgan fingerprint density at radius 2 is 2.12 bits per heavy atom. The molecule has 1 heterocycles. The largest absolute Gasteiger partial charge is 0.349 e. The molecule has 5 heteroatoms. The van der Waals surface area contributed by atoms with Crippen LogP contribution in [-0.2, 0) is 4.79 Å². The lowest BCUT2D eigenvalue weighted by Crippen LogP contribution is -2.37. The Bertz CT molecular complexity index is 1010. The van der Waals surface area contributed by atoms with Crippen LogP contribution < -0.4 is 5.32 Å². The van der Waals surface area contributed by atoms with Crippen molar-refractivity contribution >= 4 is 23.5 Å². The highest BCUT2D eigenvalue weighted by Crippen LogP contribution is 2.56. The smallest absolute Gasteiger partial charge is 0.220 e. The zero-order valence-electron chi connectivity index (χ0n) is 18.9. The van der Waals surface area contributed by atoms with E-state index >= 15 is 0 Å². The van der Waals surface area contributed by atoms with Crippen molar-refractivity contribution in [1.29, 1.82) is 5.41 Å². The van der Waals surface area contributed by atoms with Crippen molar-refractivity contribution in [1.82, 2.24) is 10.3 Å². The molecule has 0 spiro atoms. The summed E-state index contributed by atoms with van der Waals surface area (Å²) in [5.74, 6) is 0.521. The summed E-state index contributed by atoms with van der Waals surface area (Å²) in [7, 11) is 0. The zero-order chi connectivity index (χ0) is 22.6. The first kappa shape index (κ1) is 22.1. The fourth-order valence-corrected chi connectivity index (χ4v) is 5.33. The monoisotopic (exact) mass is 428 g/mol. The average molecular weight is 429 g/mol. The van der Waals surface area contributed by atoms with Crippen LogP contribution in [0.3, 0.4) is 0 Å². The maximum Gasteiger partial charge on any atom is 0.220 e. The van der Waals surface area contributed by atoms with Crippen molar-refractivity contribution in [2.75, 3.05) is 0 Å². The molecule has 0 radical (unpaired) electrons. The maximum absolute atomic E-state index is 12.3. The van der Waals surface area contributed by atoms with Gasteiger partial charge in [0.25, 0.3) is 0 Å². The summed E-state index contributed by atoms with van der Waals surface area (Å²) in [4.78, 5) is 21.3. The Hall–Kier alpha value is -3.08. The van der Waals surface area contributed by atoms with Gasteiger partial charge in [0, 0.05) is 30.5 Å². The molecule has 1 fully saturated rings. The number of aliphatic imine (C=N–C) groups is 1. The summed E-state index contributed by atoms with van der Waals surface area (Å²) in [5, 5.41) is 11.3. The Balaban J connectivity index is 1.61. The maximum atomic E-state index is 12.3. The van der Waals surface area contributed by atoms with E-state index in [9.17, 15) is 4.79 Å². The van der Waals surface area contributed by atoms with Gasteiger partial charge in [-0.25, -0.2) is 0 Å². The SMILES string of the molecule is CCC(=O)NC(CC1CCC2=CC(=Nc3cccnc3)C(C=N)CC21C)c1ccccc1. The normalized spacial score (nSPS) is 26.8. The Morgan fingerprint density at radius 1 is 1.31 bits per heavy atom. The Kier molecular flexibility index (Phi) is 6.63. The summed E-state index contributed by atoms with van der Waals surface area (Å²) in [5.41, 5.74) is 4.39. The second kappa shape index (κ2) is 9.60. The molecule has 1 aromatic carbocycles. The van der Waals surface area contributed by atoms with Crippen LogP contribution in [0.1, 0.15) is 57.6 Å². The van der Waals surface area contributed by atoms with Crippen LogP contribution in [0.4, 0.5) is 5.69 Å². The van der Waals surface area contributed by atoms with Crippen molar-refractivity contribution in [3.63, 3.8) is 0 Å². The van der Waals surface area contributed by atoms with Gasteiger partial charge in [0.15, 0.2) is 0 Å². The predicted octanol–water partition coefficient (Wildman–Crippen LogP) is 5.82. The van der Waals surface area contributed by atoms with E-state index in [0.717, 1.165) is 42.6 Å². The predicted molar refractivity (Wildman–Crippen MR) is 129 cm³/mol. The number of hydrogen-bond donors (Lipinski definition) is 2. The van der Waals surface area contributed by atoms with Crippen molar-refractivity contribution in [3.05, 3.63) is 72.1 Å². The molecule has 32 heavy (non-hydrogen) atoms. The number of hydrogen-bond acceptors (Lipinski definition) is 4. The van der Waals surface area contributed by atoms with Crippen LogP contribution in [-0.4, -0.2) is 22.8 Å². The van der Waals surface area contributed by atoms with Crippen LogP contribution in [0.2, 0.25) is 0 Å². The first-order valence-corrected chi connectivity index (χ1v) is 11.6. The summed E-state index contributed by atoms with van der Waals surface area (Å²) in [6, 6.07) is 14.1. The van der Waals surface area contributed by atoms with Gasteiger partial charge >= 0.3 is 0 Å². The first-order chi connectivity index (χ1) is 15.5. The van der Waals surface area contributed by atoms with Gasteiger partial charge < -0.3 is 10.7 Å². The zero-order valence-corrected chi connectivity index (χ0v) is 18.9. The lowest BCUT2D eigenvalue weighted by atomic mass is 9.65. The highest BCUT2D eigenvalue weighted by molar-refractivity contribution is 6.07. The number of nitrogens with zero attached hydrogens (tertiary/aromatic N) is 2. The van der Waals surface area contributed by atoms with Gasteiger partial charge in [-0.3, -0.25) is 14.8 Å². The number of aromatic nitrogens is 1. The van der Waals surface area contributed by atoms with E-state index < -0.39 is 0 Å². The van der Waals surface area contributed by atoms with Gasteiger partial charge in [0.1, 0.15) is 0 Å². The van der Waals surface area contributed by atoms with E-state index in [1.54, 1.807) is 12.4 Å². The van der Waals surface area contributed by atoms with Gasteiger partial charge in [-0.1, -0.05) is 49.8 Å². The molecule has 0 aliphatic heterocycles. The molecule has 4 rings (SSSR count). The van der Waals surface area contributed by atoms with Crippen LogP contribution in [0.25, 0.3) is 0 Å². The van der Waals surface area contributed by atoms with E-state index in [0.29, 0.717) is 12.3 Å². The molecule has 1 aromatic heterocycles. The quantitative estimate of drug-likeness (QED) is 0.545. The number of allylic oxidation sites excluding steroid dienone is 2. The number of carbonyl (C=O) groups is 1. The van der Waals surface area contributed by atoms with Crippen LogP contribution in [0, 0.1) is 22.7 Å². The van der Waals surface area contributed by atoms with Gasteiger partial charge in [-0.2, -0.15) is 0 Å². The molecule has 4 unspecified atom stereocenters. The molecule has 2 N–H and O–H groups in total. The summed E-state index contributed by atoms with van der Waals surface area (Å²) in [6.45, 7) is 4.24. The number of pyridine rings is 1. The lowest BCUT2D eigenvalue weighted by molar-refractivity contribution is -0.121. The molecule has 0 bridgehead atoms. The van der Waals surface area contributed by atoms with Gasteiger partial charge in [-0.15, -0.1) is 0 Å². The minimum Gasteiger partial charge on any atom is -0.349 e. The molecule has 2 aliphatic carbocycles. The van der Waals surface area contributed by atoms with E-state index in [2.05, 4.69) is 35.4 Å². The minimum absolute atomic E-state index is 0.00807. The lowest BCUT2D eigenvalue weighted by Gasteiger charge is -2.40. The number of rotatable bonds is 7. The van der Waals surface area contributed by atoms with E-state index in [4.69, 9.17) is 10.4 Å². The topological polar surface area (TPSA) is 78.2 Å². The molecule has 1 saturated carbocycles. The Morgan fingerprint density at radius 3 is 2.81 bits per heavy atom. The van der Waals surface area contributed by atoms with Crippen LogP contribution in [0.15, 0.2) is 71.5 Å². The van der Waals surface area contributed by atoms with E-state index in [1.165, 1.54) is 11.8 Å². The summed E-state index contributed by atoms with van der Waals surface area (Å²) in [6.07, 6.45) is 11.7. The third kappa shape index (κ3) is 4.57. The minimum atomic E-state index is -0.00929. The fraction of sp³-hybridized carbons (Fsp3) is 0.407.